The molecule has 24 heavy (non-hydrogen) atoms. The summed E-state index contributed by atoms with van der Waals surface area (Å²) >= 11 is 0. The molecule has 0 bridgehead atoms. The Hall–Kier alpha value is -2.83. The molecule has 0 aliphatic heterocycles. The van der Waals surface area contributed by atoms with Crippen molar-refractivity contribution >= 4 is 11.8 Å². The fourth-order valence-corrected chi connectivity index (χ4v) is 2.16. The summed E-state index contributed by atoms with van der Waals surface area (Å²) in [6.45, 7) is 3.17. The Morgan fingerprint density at radius 1 is 1.25 bits per heavy atom. The first-order valence-electron chi connectivity index (χ1n) is 7.89. The summed E-state index contributed by atoms with van der Waals surface area (Å²) in [7, 11) is 0. The van der Waals surface area contributed by atoms with E-state index in [1.54, 1.807) is 12.3 Å². The van der Waals surface area contributed by atoms with Crippen LogP contribution in [0.3, 0.4) is 0 Å². The molecule has 1 heterocycles. The maximum atomic E-state index is 11.2. The van der Waals surface area contributed by atoms with Crippen LogP contribution >= 0.6 is 0 Å². The van der Waals surface area contributed by atoms with E-state index >= 15 is 0 Å². The number of nitrogens with zero attached hydrogens (tertiary/aromatic N) is 2. The number of ether oxygens (including phenoxy) is 2. The first-order chi connectivity index (χ1) is 11.6. The second-order valence-electron chi connectivity index (χ2n) is 5.60. The molecule has 1 fully saturated rings. The van der Waals surface area contributed by atoms with Gasteiger partial charge in [0.15, 0.2) is 0 Å². The number of carbonyl (C=O) groups is 1. The molecule has 0 unspecified atom stereocenters. The van der Waals surface area contributed by atoms with Gasteiger partial charge in [-0.25, -0.2) is 14.8 Å². The highest BCUT2D eigenvalue weighted by atomic mass is 16.5. The Bertz CT molecular complexity index is 714. The molecule has 126 valence electrons. The van der Waals surface area contributed by atoms with Crippen LogP contribution < -0.4 is 14.8 Å². The Morgan fingerprint density at radius 3 is 2.67 bits per heavy atom. The fraction of sp³-hybridized carbons (Fsp3) is 0.353. The lowest BCUT2D eigenvalue weighted by Crippen LogP contribution is -2.05. The lowest BCUT2D eigenvalue weighted by Gasteiger charge is -2.10. The monoisotopic (exact) mass is 329 g/mol. The summed E-state index contributed by atoms with van der Waals surface area (Å²) in [5, 5.41) is 12.4. The van der Waals surface area contributed by atoms with Crippen LogP contribution in [-0.2, 0) is 0 Å². The van der Waals surface area contributed by atoms with E-state index in [0.29, 0.717) is 23.9 Å². The van der Waals surface area contributed by atoms with Gasteiger partial charge in [0.05, 0.1) is 24.6 Å². The van der Waals surface area contributed by atoms with Crippen molar-refractivity contribution in [2.24, 2.45) is 5.92 Å². The molecule has 0 radical (unpaired) electrons. The van der Waals surface area contributed by atoms with E-state index in [2.05, 4.69) is 15.3 Å². The highest BCUT2D eigenvalue weighted by Gasteiger charge is 2.20. The van der Waals surface area contributed by atoms with E-state index in [1.165, 1.54) is 31.2 Å². The average Bonchev–Trinajstić information content (AvgIpc) is 3.39. The van der Waals surface area contributed by atoms with E-state index in [9.17, 15) is 4.79 Å². The third-order valence-electron chi connectivity index (χ3n) is 3.56. The van der Waals surface area contributed by atoms with Crippen LogP contribution in [0.1, 0.15) is 30.1 Å². The Labute approximate surface area is 139 Å². The molecular weight excluding hydrogens is 310 g/mol. The van der Waals surface area contributed by atoms with E-state index < -0.39 is 5.97 Å². The number of hydrogen-bond acceptors (Lipinski definition) is 6. The predicted molar refractivity (Wildman–Crippen MR) is 87.9 cm³/mol. The summed E-state index contributed by atoms with van der Waals surface area (Å²) in [6, 6.07) is 4.50. The van der Waals surface area contributed by atoms with Gasteiger partial charge in [0.2, 0.25) is 5.88 Å². The van der Waals surface area contributed by atoms with Gasteiger partial charge in [-0.05, 0) is 37.8 Å². The fourth-order valence-electron chi connectivity index (χ4n) is 2.16. The first-order valence-corrected chi connectivity index (χ1v) is 7.89. The molecule has 0 amide bonds. The third kappa shape index (κ3) is 4.34. The Balaban J connectivity index is 1.70. The number of anilines is 1. The molecule has 7 nitrogen and oxygen atoms in total. The van der Waals surface area contributed by atoms with Crippen molar-refractivity contribution in [3.05, 3.63) is 36.2 Å². The van der Waals surface area contributed by atoms with Gasteiger partial charge >= 0.3 is 5.97 Å². The minimum atomic E-state index is -1.05. The van der Waals surface area contributed by atoms with Crippen LogP contribution in [0.2, 0.25) is 0 Å². The lowest BCUT2D eigenvalue weighted by atomic mass is 10.2. The highest BCUT2D eigenvalue weighted by molar-refractivity contribution is 5.88. The van der Waals surface area contributed by atoms with Crippen molar-refractivity contribution in [1.29, 1.82) is 0 Å². The number of aromatic nitrogens is 2. The molecular formula is C17H19N3O4. The summed E-state index contributed by atoms with van der Waals surface area (Å²) < 4.78 is 11.0. The van der Waals surface area contributed by atoms with E-state index in [0.717, 1.165) is 12.5 Å². The summed E-state index contributed by atoms with van der Waals surface area (Å²) in [4.78, 5) is 19.6. The lowest BCUT2D eigenvalue weighted by molar-refractivity contribution is 0.0696. The summed E-state index contributed by atoms with van der Waals surface area (Å²) in [5.41, 5.74) is 0.0895. The normalized spacial score (nSPS) is 13.4. The number of aromatic carboxylic acids is 1. The summed E-state index contributed by atoms with van der Waals surface area (Å²) in [5.74, 6) is 1.46. The summed E-state index contributed by atoms with van der Waals surface area (Å²) in [6.07, 6.45) is 5.64. The third-order valence-corrected chi connectivity index (χ3v) is 3.56. The highest BCUT2D eigenvalue weighted by Crippen LogP contribution is 2.29. The second kappa shape index (κ2) is 7.16. The van der Waals surface area contributed by atoms with Gasteiger partial charge < -0.3 is 19.9 Å². The SMILES string of the molecule is CCOc1cc(Oc2cnc(NCC3CC3)cn2)cc(C(=O)O)c1. The zero-order valence-corrected chi connectivity index (χ0v) is 13.4. The molecule has 2 N–H and O–H groups in total. The van der Waals surface area contributed by atoms with Crippen LogP contribution in [-0.4, -0.2) is 34.2 Å². The Morgan fingerprint density at radius 2 is 2.04 bits per heavy atom. The van der Waals surface area contributed by atoms with Gasteiger partial charge in [0.1, 0.15) is 17.3 Å². The maximum Gasteiger partial charge on any atom is 0.335 e. The van der Waals surface area contributed by atoms with Gasteiger partial charge in [-0.3, -0.25) is 0 Å². The standard InChI is InChI=1S/C17H19N3O4/c1-2-23-13-5-12(17(21)22)6-14(7-13)24-16-10-19-15(9-20-16)18-8-11-3-4-11/h5-7,9-11H,2-4,8H2,1H3,(H,18,19)(H,21,22). The zero-order chi connectivity index (χ0) is 16.9. The zero-order valence-electron chi connectivity index (χ0n) is 13.4. The molecule has 0 spiro atoms. The molecule has 1 aromatic heterocycles. The quantitative estimate of drug-likeness (QED) is 0.768. The van der Waals surface area contributed by atoms with Gasteiger partial charge in [-0.15, -0.1) is 0 Å². The Kier molecular flexibility index (Phi) is 4.79. The molecule has 1 aliphatic rings. The molecule has 1 aromatic carbocycles. The largest absolute Gasteiger partial charge is 0.494 e. The minimum Gasteiger partial charge on any atom is -0.494 e. The van der Waals surface area contributed by atoms with E-state index in [-0.39, 0.29) is 11.4 Å². The van der Waals surface area contributed by atoms with Crippen molar-refractivity contribution in [2.45, 2.75) is 19.8 Å². The molecule has 3 rings (SSSR count). The smallest absolute Gasteiger partial charge is 0.335 e. The maximum absolute atomic E-state index is 11.2. The molecule has 1 saturated carbocycles. The van der Waals surface area contributed by atoms with Crippen LogP contribution in [0.25, 0.3) is 0 Å². The number of benzene rings is 1. The second-order valence-corrected chi connectivity index (χ2v) is 5.60. The van der Waals surface area contributed by atoms with Crippen molar-refractivity contribution in [3.8, 4) is 17.4 Å². The van der Waals surface area contributed by atoms with Gasteiger partial charge in [0.25, 0.3) is 0 Å². The van der Waals surface area contributed by atoms with Crippen LogP contribution in [0.4, 0.5) is 5.82 Å². The number of hydrogen-bond donors (Lipinski definition) is 2. The van der Waals surface area contributed by atoms with Crippen LogP contribution in [0, 0.1) is 5.92 Å². The first kappa shape index (κ1) is 16.0. The molecule has 0 saturated heterocycles. The van der Waals surface area contributed by atoms with Gasteiger partial charge in [0, 0.05) is 12.6 Å². The molecule has 0 atom stereocenters. The van der Waals surface area contributed by atoms with E-state index in [1.807, 2.05) is 6.92 Å². The predicted octanol–water partition coefficient (Wildman–Crippen LogP) is 3.19. The topological polar surface area (TPSA) is 93.6 Å². The van der Waals surface area contributed by atoms with Crippen molar-refractivity contribution in [2.75, 3.05) is 18.5 Å². The van der Waals surface area contributed by atoms with E-state index in [4.69, 9.17) is 14.6 Å². The van der Waals surface area contributed by atoms with Gasteiger partial charge in [-0.2, -0.15) is 0 Å². The average molecular weight is 329 g/mol. The van der Waals surface area contributed by atoms with Crippen molar-refractivity contribution < 1.29 is 19.4 Å². The number of carboxylic acids is 1. The number of carboxylic acid groups (broad SMARTS) is 1. The molecule has 1 aliphatic carbocycles. The molecule has 7 heteroatoms. The number of nitrogens with one attached hydrogen (secondary N) is 1. The van der Waals surface area contributed by atoms with Crippen LogP contribution in [0.5, 0.6) is 17.4 Å². The molecule has 2 aromatic rings. The van der Waals surface area contributed by atoms with Gasteiger partial charge in [-0.1, -0.05) is 0 Å². The number of rotatable bonds is 8. The van der Waals surface area contributed by atoms with Crippen LogP contribution in [0.15, 0.2) is 30.6 Å². The van der Waals surface area contributed by atoms with Crippen molar-refractivity contribution in [3.63, 3.8) is 0 Å². The van der Waals surface area contributed by atoms with Crippen molar-refractivity contribution in [1.82, 2.24) is 9.97 Å². The minimum absolute atomic E-state index is 0.0895.